The Morgan fingerprint density at radius 3 is 2.39 bits per heavy atom. The fourth-order valence-electron chi connectivity index (χ4n) is 2.07. The highest BCUT2D eigenvalue weighted by molar-refractivity contribution is 7.89. The summed E-state index contributed by atoms with van der Waals surface area (Å²) in [5.74, 6) is -1.55. The molecule has 0 aliphatic heterocycles. The normalized spacial score (nSPS) is 13.1. The number of ether oxygens (including phenoxy) is 1. The molecular formula is C15H12ClF3N2O6S. The zero-order chi connectivity index (χ0) is 21.3. The molecule has 3 N–H and O–H groups in total. The highest BCUT2D eigenvalue weighted by atomic mass is 35.5. The molecule has 0 spiro atoms. The lowest BCUT2D eigenvalue weighted by Crippen LogP contribution is -2.99. The van der Waals surface area contributed by atoms with Gasteiger partial charge in [-0.3, -0.25) is 4.79 Å². The number of sulfonamides is 1. The lowest BCUT2D eigenvalue weighted by Gasteiger charge is -2.17. The van der Waals surface area contributed by atoms with E-state index < -0.39 is 44.1 Å². The molecule has 1 atom stereocenters. The van der Waals surface area contributed by atoms with Gasteiger partial charge >= 0.3 is 6.18 Å². The number of halogens is 4. The Morgan fingerprint density at radius 1 is 1.25 bits per heavy atom. The number of carbonyl (C=O) groups excluding carboxylic acids is 1. The van der Waals surface area contributed by atoms with Gasteiger partial charge in [0.15, 0.2) is 5.69 Å². The zero-order valence-electron chi connectivity index (χ0n) is 13.9. The summed E-state index contributed by atoms with van der Waals surface area (Å²) in [6, 6.07) is 5.36. The van der Waals surface area contributed by atoms with Crippen molar-refractivity contribution in [1.82, 2.24) is 4.72 Å². The van der Waals surface area contributed by atoms with Crippen molar-refractivity contribution in [2.45, 2.75) is 6.18 Å². The number of alkyl halides is 3. The van der Waals surface area contributed by atoms with E-state index in [0.717, 1.165) is 30.3 Å². The SMILES string of the molecule is CS(=O)(=O)NC(=O)c1cc(Oc2ccc(C(F)(F)F)cc2Cl)ccc1[NH+]([O-])O. The molecule has 0 aliphatic carbocycles. The van der Waals surface area contributed by atoms with E-state index in [4.69, 9.17) is 21.5 Å². The fraction of sp³-hybridized carbons (Fsp3) is 0.133. The first-order valence-corrected chi connectivity index (χ1v) is 9.49. The number of carbonyl (C=O) groups is 1. The van der Waals surface area contributed by atoms with E-state index in [1.165, 1.54) is 0 Å². The Bertz CT molecular complexity index is 1010. The van der Waals surface area contributed by atoms with Crippen molar-refractivity contribution in [2.75, 3.05) is 6.26 Å². The Labute approximate surface area is 161 Å². The molecule has 0 saturated heterocycles. The molecular weight excluding hydrogens is 429 g/mol. The summed E-state index contributed by atoms with van der Waals surface area (Å²) in [4.78, 5) is 12.1. The highest BCUT2D eigenvalue weighted by Crippen LogP contribution is 2.36. The van der Waals surface area contributed by atoms with Gasteiger partial charge in [-0.2, -0.15) is 18.4 Å². The van der Waals surface area contributed by atoms with Crippen molar-refractivity contribution in [3.05, 3.63) is 57.8 Å². The third kappa shape index (κ3) is 5.56. The highest BCUT2D eigenvalue weighted by Gasteiger charge is 2.31. The topological polar surface area (TPSA) is 120 Å². The number of hydrogen-bond acceptors (Lipinski definition) is 6. The minimum absolute atomic E-state index is 0.148. The number of benzene rings is 2. The molecule has 2 aromatic rings. The molecule has 0 heterocycles. The van der Waals surface area contributed by atoms with Gasteiger partial charge in [-0.25, -0.2) is 18.3 Å². The maximum absolute atomic E-state index is 12.7. The van der Waals surface area contributed by atoms with Crippen LogP contribution < -0.4 is 14.7 Å². The van der Waals surface area contributed by atoms with Crippen LogP contribution in [0.3, 0.4) is 0 Å². The maximum atomic E-state index is 12.7. The molecule has 1 unspecified atom stereocenters. The van der Waals surface area contributed by atoms with E-state index >= 15 is 0 Å². The van der Waals surface area contributed by atoms with Gasteiger partial charge in [0, 0.05) is 6.07 Å². The molecule has 2 rings (SSSR count). The van der Waals surface area contributed by atoms with Crippen LogP contribution in [0, 0.1) is 5.21 Å². The van der Waals surface area contributed by atoms with Crippen molar-refractivity contribution in [2.24, 2.45) is 0 Å². The second-order valence-electron chi connectivity index (χ2n) is 5.46. The minimum atomic E-state index is -4.61. The summed E-state index contributed by atoms with van der Waals surface area (Å²) in [6.07, 6.45) is -3.91. The van der Waals surface area contributed by atoms with Gasteiger partial charge in [-0.05, 0) is 30.3 Å². The van der Waals surface area contributed by atoms with Crippen LogP contribution >= 0.6 is 11.6 Å². The number of hydrogen-bond donors (Lipinski definition) is 3. The quantitative estimate of drug-likeness (QED) is 0.613. The first kappa shape index (κ1) is 21.9. The van der Waals surface area contributed by atoms with Crippen molar-refractivity contribution < 1.29 is 41.6 Å². The zero-order valence-corrected chi connectivity index (χ0v) is 15.4. The number of nitrogens with one attached hydrogen (secondary N) is 2. The third-order valence-corrected chi connectivity index (χ3v) is 4.08. The van der Waals surface area contributed by atoms with Crippen LogP contribution in [-0.2, 0) is 16.2 Å². The Morgan fingerprint density at radius 2 is 1.89 bits per heavy atom. The smallest absolute Gasteiger partial charge is 0.416 e. The van der Waals surface area contributed by atoms with Crippen molar-refractivity contribution in [3.63, 3.8) is 0 Å². The van der Waals surface area contributed by atoms with Crippen molar-refractivity contribution >= 4 is 33.2 Å². The van der Waals surface area contributed by atoms with Gasteiger partial charge in [-0.15, -0.1) is 0 Å². The summed E-state index contributed by atoms with van der Waals surface area (Å²) < 4.78 is 67.4. The third-order valence-electron chi connectivity index (χ3n) is 3.23. The van der Waals surface area contributed by atoms with Crippen LogP contribution in [0.2, 0.25) is 5.02 Å². The monoisotopic (exact) mass is 440 g/mol. The molecule has 0 saturated carbocycles. The number of rotatable bonds is 5. The molecule has 2 aromatic carbocycles. The number of amides is 1. The summed E-state index contributed by atoms with van der Waals surface area (Å²) >= 11 is 5.78. The van der Waals surface area contributed by atoms with E-state index in [1.54, 1.807) is 4.72 Å². The van der Waals surface area contributed by atoms with Gasteiger partial charge in [0.1, 0.15) is 17.1 Å². The predicted molar refractivity (Wildman–Crippen MR) is 91.1 cm³/mol. The average Bonchev–Trinajstić information content (AvgIpc) is 2.54. The van der Waals surface area contributed by atoms with Crippen LogP contribution in [0.25, 0.3) is 0 Å². The molecule has 8 nitrogen and oxygen atoms in total. The molecule has 0 bridgehead atoms. The molecule has 1 amide bonds. The van der Waals surface area contributed by atoms with Gasteiger partial charge in [0.05, 0.1) is 16.8 Å². The van der Waals surface area contributed by atoms with E-state index in [1.807, 2.05) is 0 Å². The molecule has 0 radical (unpaired) electrons. The Kier molecular flexibility index (Phi) is 6.21. The van der Waals surface area contributed by atoms with Gasteiger partial charge in [-0.1, -0.05) is 11.6 Å². The van der Waals surface area contributed by atoms with Crippen LogP contribution in [0.1, 0.15) is 15.9 Å². The largest absolute Gasteiger partial charge is 0.595 e. The van der Waals surface area contributed by atoms with Gasteiger partial charge < -0.3 is 9.94 Å². The van der Waals surface area contributed by atoms with Crippen molar-refractivity contribution in [3.8, 4) is 11.5 Å². The van der Waals surface area contributed by atoms with E-state index in [0.29, 0.717) is 12.3 Å². The van der Waals surface area contributed by atoms with Crippen LogP contribution in [0.5, 0.6) is 11.5 Å². The summed E-state index contributed by atoms with van der Waals surface area (Å²) in [5, 5.41) is 18.5. The number of quaternary nitrogens is 1. The lowest BCUT2D eigenvalue weighted by molar-refractivity contribution is -0.991. The molecule has 0 aliphatic rings. The Hall–Kier alpha value is -2.38. The molecule has 28 heavy (non-hydrogen) atoms. The lowest BCUT2D eigenvalue weighted by atomic mass is 10.1. The van der Waals surface area contributed by atoms with E-state index in [9.17, 15) is 31.6 Å². The van der Waals surface area contributed by atoms with E-state index in [2.05, 4.69) is 0 Å². The first-order valence-electron chi connectivity index (χ1n) is 7.22. The van der Waals surface area contributed by atoms with E-state index in [-0.39, 0.29) is 16.5 Å². The van der Waals surface area contributed by atoms with Crippen LogP contribution in [0.4, 0.5) is 18.9 Å². The fourth-order valence-corrected chi connectivity index (χ4v) is 2.74. The predicted octanol–water partition coefficient (Wildman–Crippen LogP) is 2.24. The van der Waals surface area contributed by atoms with Crippen molar-refractivity contribution in [1.29, 1.82) is 0 Å². The second-order valence-corrected chi connectivity index (χ2v) is 7.62. The minimum Gasteiger partial charge on any atom is -0.595 e. The maximum Gasteiger partial charge on any atom is 0.416 e. The summed E-state index contributed by atoms with van der Waals surface area (Å²) in [7, 11) is -3.97. The van der Waals surface area contributed by atoms with Crippen LogP contribution in [0.15, 0.2) is 36.4 Å². The van der Waals surface area contributed by atoms with Crippen LogP contribution in [-0.4, -0.2) is 25.8 Å². The molecule has 0 fully saturated rings. The average molecular weight is 441 g/mol. The summed E-state index contributed by atoms with van der Waals surface area (Å²) in [6.45, 7) is 0. The molecule has 152 valence electrons. The van der Waals surface area contributed by atoms with Gasteiger partial charge in [0.2, 0.25) is 10.0 Å². The van der Waals surface area contributed by atoms with Gasteiger partial charge in [0.25, 0.3) is 5.91 Å². The summed E-state index contributed by atoms with van der Waals surface area (Å²) in [5.41, 5.74) is -2.04. The standard InChI is InChI=1S/C15H12ClF3N2O6S/c1-28(25,26)20-14(22)10-7-9(3-4-12(10)21(23)24)27-13-5-2-8(6-11(13)16)15(17,18)19/h2-7,21,23H,1H3,(H,20,22). The molecule has 13 heteroatoms. The molecule has 0 aromatic heterocycles. The Balaban J connectivity index is 2.40. The first-order chi connectivity index (χ1) is 12.8. The second kappa shape index (κ2) is 7.93.